The Hall–Kier alpha value is -3.11. The van der Waals surface area contributed by atoms with Gasteiger partial charge in [-0.1, -0.05) is 85.3 Å². The standard InChI is InChI=1S/C30H35ClN2O2/c1-5-23(4)32-30(35)28(18-24-11-7-6-8-12-24)33(20-26-13-9-10-14-27(26)31)29(34)19-25-16-15-21(2)22(3)17-25/h6-17,23,28H,5,18-20H2,1-4H3,(H,32,35)/t23-,28-/m0/s1. The molecule has 0 heterocycles. The highest BCUT2D eigenvalue weighted by Crippen LogP contribution is 2.22. The number of hydrogen-bond donors (Lipinski definition) is 1. The van der Waals surface area contributed by atoms with Crippen molar-refractivity contribution < 1.29 is 9.59 Å². The number of rotatable bonds is 10. The molecule has 2 amide bonds. The molecule has 0 fully saturated rings. The summed E-state index contributed by atoms with van der Waals surface area (Å²) in [6, 6.07) is 22.7. The van der Waals surface area contributed by atoms with Crippen LogP contribution in [0.4, 0.5) is 0 Å². The summed E-state index contributed by atoms with van der Waals surface area (Å²) in [4.78, 5) is 29.1. The van der Waals surface area contributed by atoms with Crippen molar-refractivity contribution in [3.05, 3.63) is 106 Å². The number of carbonyl (C=O) groups is 2. The van der Waals surface area contributed by atoms with Gasteiger partial charge in [-0.05, 0) is 61.1 Å². The molecule has 0 saturated heterocycles. The Morgan fingerprint density at radius 2 is 1.60 bits per heavy atom. The molecule has 0 bridgehead atoms. The van der Waals surface area contributed by atoms with Gasteiger partial charge in [0, 0.05) is 24.0 Å². The van der Waals surface area contributed by atoms with E-state index in [0.717, 1.165) is 28.7 Å². The molecule has 35 heavy (non-hydrogen) atoms. The molecule has 5 heteroatoms. The predicted molar refractivity (Wildman–Crippen MR) is 143 cm³/mol. The molecule has 4 nitrogen and oxygen atoms in total. The summed E-state index contributed by atoms with van der Waals surface area (Å²) in [5, 5.41) is 3.68. The first kappa shape index (κ1) is 26.5. The van der Waals surface area contributed by atoms with Gasteiger partial charge in [-0.15, -0.1) is 0 Å². The second-order valence-electron chi connectivity index (χ2n) is 9.23. The zero-order valence-corrected chi connectivity index (χ0v) is 21.8. The van der Waals surface area contributed by atoms with Crippen molar-refractivity contribution in [2.24, 2.45) is 0 Å². The average molecular weight is 491 g/mol. The second-order valence-corrected chi connectivity index (χ2v) is 9.64. The molecule has 0 aliphatic carbocycles. The van der Waals surface area contributed by atoms with Crippen LogP contribution in [0.1, 0.15) is 48.1 Å². The first-order chi connectivity index (χ1) is 16.8. The molecular weight excluding hydrogens is 456 g/mol. The molecule has 3 rings (SSSR count). The fourth-order valence-corrected chi connectivity index (χ4v) is 4.19. The molecule has 0 aromatic heterocycles. The van der Waals surface area contributed by atoms with Gasteiger partial charge in [-0.3, -0.25) is 9.59 Å². The lowest BCUT2D eigenvalue weighted by molar-refractivity contribution is -0.141. The second kappa shape index (κ2) is 12.6. The number of carbonyl (C=O) groups excluding carboxylic acids is 2. The van der Waals surface area contributed by atoms with Gasteiger partial charge in [0.2, 0.25) is 11.8 Å². The molecule has 3 aromatic rings. The van der Waals surface area contributed by atoms with E-state index in [1.165, 1.54) is 5.56 Å². The Kier molecular flexibility index (Phi) is 9.50. The minimum Gasteiger partial charge on any atom is -0.352 e. The lowest BCUT2D eigenvalue weighted by Gasteiger charge is -2.32. The minimum absolute atomic E-state index is 0.0118. The van der Waals surface area contributed by atoms with Gasteiger partial charge in [0.15, 0.2) is 0 Å². The first-order valence-electron chi connectivity index (χ1n) is 12.2. The molecule has 3 aromatic carbocycles. The van der Waals surface area contributed by atoms with E-state index in [2.05, 4.69) is 12.2 Å². The van der Waals surface area contributed by atoms with Crippen LogP contribution in [-0.2, 0) is 29.0 Å². The Morgan fingerprint density at radius 3 is 2.26 bits per heavy atom. The van der Waals surface area contributed by atoms with E-state index >= 15 is 0 Å². The van der Waals surface area contributed by atoms with Crippen molar-refractivity contribution in [2.75, 3.05) is 0 Å². The number of nitrogens with one attached hydrogen (secondary N) is 1. The van der Waals surface area contributed by atoms with Crippen LogP contribution >= 0.6 is 11.6 Å². The molecule has 184 valence electrons. The van der Waals surface area contributed by atoms with E-state index in [1.54, 1.807) is 4.90 Å². The summed E-state index contributed by atoms with van der Waals surface area (Å²) in [6.07, 6.45) is 1.45. The van der Waals surface area contributed by atoms with Crippen LogP contribution in [0.5, 0.6) is 0 Å². The van der Waals surface area contributed by atoms with Crippen molar-refractivity contribution in [1.82, 2.24) is 10.2 Å². The fraction of sp³-hybridized carbons (Fsp3) is 0.333. The maximum absolute atomic E-state index is 13.8. The Morgan fingerprint density at radius 1 is 0.914 bits per heavy atom. The van der Waals surface area contributed by atoms with Gasteiger partial charge >= 0.3 is 0 Å². The zero-order chi connectivity index (χ0) is 25.4. The molecule has 0 radical (unpaired) electrons. The van der Waals surface area contributed by atoms with Crippen LogP contribution in [0.2, 0.25) is 5.02 Å². The van der Waals surface area contributed by atoms with E-state index in [-0.39, 0.29) is 30.8 Å². The van der Waals surface area contributed by atoms with Crippen molar-refractivity contribution in [1.29, 1.82) is 0 Å². The van der Waals surface area contributed by atoms with Crippen LogP contribution in [0.3, 0.4) is 0 Å². The molecule has 0 aliphatic heterocycles. The minimum atomic E-state index is -0.665. The van der Waals surface area contributed by atoms with Crippen molar-refractivity contribution in [3.63, 3.8) is 0 Å². The molecule has 0 saturated carbocycles. The third kappa shape index (κ3) is 7.43. The van der Waals surface area contributed by atoms with E-state index < -0.39 is 6.04 Å². The highest BCUT2D eigenvalue weighted by Gasteiger charge is 2.31. The largest absolute Gasteiger partial charge is 0.352 e. The Labute approximate surface area is 214 Å². The van der Waals surface area contributed by atoms with Crippen LogP contribution in [-0.4, -0.2) is 28.8 Å². The van der Waals surface area contributed by atoms with E-state index in [1.807, 2.05) is 93.6 Å². The fourth-order valence-electron chi connectivity index (χ4n) is 3.99. The maximum Gasteiger partial charge on any atom is 0.243 e. The Bertz CT molecular complexity index is 1150. The van der Waals surface area contributed by atoms with Crippen LogP contribution < -0.4 is 5.32 Å². The summed E-state index contributed by atoms with van der Waals surface area (Å²) in [5.41, 5.74) is 5.08. The van der Waals surface area contributed by atoms with Gasteiger partial charge in [0.05, 0.1) is 6.42 Å². The molecule has 0 spiro atoms. The monoisotopic (exact) mass is 490 g/mol. The van der Waals surface area contributed by atoms with Gasteiger partial charge < -0.3 is 10.2 Å². The lowest BCUT2D eigenvalue weighted by Crippen LogP contribution is -2.52. The summed E-state index contributed by atoms with van der Waals surface area (Å²) in [7, 11) is 0. The number of halogens is 1. The smallest absolute Gasteiger partial charge is 0.243 e. The van der Waals surface area contributed by atoms with Crippen molar-refractivity contribution >= 4 is 23.4 Å². The topological polar surface area (TPSA) is 49.4 Å². The zero-order valence-electron chi connectivity index (χ0n) is 21.1. The third-order valence-corrected chi connectivity index (χ3v) is 6.87. The lowest BCUT2D eigenvalue weighted by atomic mass is 10.00. The van der Waals surface area contributed by atoms with Crippen molar-refractivity contribution in [2.45, 2.75) is 65.6 Å². The van der Waals surface area contributed by atoms with E-state index in [4.69, 9.17) is 11.6 Å². The quantitative estimate of drug-likeness (QED) is 0.376. The molecule has 1 N–H and O–H groups in total. The number of benzene rings is 3. The normalized spacial score (nSPS) is 12.6. The van der Waals surface area contributed by atoms with Gasteiger partial charge in [0.1, 0.15) is 6.04 Å². The predicted octanol–water partition coefficient (Wildman–Crippen LogP) is 6.05. The van der Waals surface area contributed by atoms with Gasteiger partial charge in [-0.25, -0.2) is 0 Å². The van der Waals surface area contributed by atoms with Crippen molar-refractivity contribution in [3.8, 4) is 0 Å². The number of aryl methyl sites for hydroxylation is 2. The molecule has 0 unspecified atom stereocenters. The van der Waals surface area contributed by atoms with Crippen LogP contribution in [0, 0.1) is 13.8 Å². The van der Waals surface area contributed by atoms with E-state index in [9.17, 15) is 9.59 Å². The van der Waals surface area contributed by atoms with Gasteiger partial charge in [-0.2, -0.15) is 0 Å². The summed E-state index contributed by atoms with van der Waals surface area (Å²) < 4.78 is 0. The highest BCUT2D eigenvalue weighted by molar-refractivity contribution is 6.31. The molecular formula is C30H35ClN2O2. The molecule has 2 atom stereocenters. The van der Waals surface area contributed by atoms with E-state index in [0.29, 0.717) is 11.4 Å². The summed E-state index contributed by atoms with van der Waals surface area (Å²) in [6.45, 7) is 8.37. The average Bonchev–Trinajstić information content (AvgIpc) is 2.85. The highest BCUT2D eigenvalue weighted by atomic mass is 35.5. The van der Waals surface area contributed by atoms with Crippen LogP contribution in [0.25, 0.3) is 0 Å². The SMILES string of the molecule is CC[C@H](C)NC(=O)[C@H](Cc1ccccc1)N(Cc1ccccc1Cl)C(=O)Cc1ccc(C)c(C)c1. The van der Waals surface area contributed by atoms with Gasteiger partial charge in [0.25, 0.3) is 0 Å². The number of hydrogen-bond acceptors (Lipinski definition) is 2. The Balaban J connectivity index is 1.99. The summed E-state index contributed by atoms with van der Waals surface area (Å²) >= 11 is 6.48. The number of amides is 2. The number of nitrogens with zero attached hydrogens (tertiary/aromatic N) is 1. The first-order valence-corrected chi connectivity index (χ1v) is 12.6. The summed E-state index contributed by atoms with van der Waals surface area (Å²) in [5.74, 6) is -0.253. The molecule has 0 aliphatic rings. The third-order valence-electron chi connectivity index (χ3n) is 6.50. The van der Waals surface area contributed by atoms with Crippen LogP contribution in [0.15, 0.2) is 72.8 Å². The maximum atomic E-state index is 13.8.